The van der Waals surface area contributed by atoms with E-state index in [9.17, 15) is 0 Å². The number of hydrogen-bond donors (Lipinski definition) is 1. The average molecular weight is 251 g/mol. The van der Waals surface area contributed by atoms with Gasteiger partial charge in [-0.1, -0.05) is 27.7 Å². The van der Waals surface area contributed by atoms with Crippen molar-refractivity contribution in [3.05, 3.63) is 17.6 Å². The normalized spacial score (nSPS) is 13.4. The highest BCUT2D eigenvalue weighted by molar-refractivity contribution is 5.38. The second-order valence-corrected chi connectivity index (χ2v) is 5.41. The summed E-state index contributed by atoms with van der Waals surface area (Å²) in [5.41, 5.74) is 1.05. The zero-order valence-electron chi connectivity index (χ0n) is 12.4. The van der Waals surface area contributed by atoms with Crippen LogP contribution in [0.3, 0.4) is 0 Å². The van der Waals surface area contributed by atoms with E-state index in [4.69, 9.17) is 4.74 Å². The van der Waals surface area contributed by atoms with E-state index in [2.05, 4.69) is 49.9 Å². The molecule has 0 aliphatic rings. The molecule has 0 fully saturated rings. The largest absolute Gasteiger partial charge is 0.373 e. The summed E-state index contributed by atoms with van der Waals surface area (Å²) >= 11 is 0. The minimum atomic E-state index is -0.0373. The van der Waals surface area contributed by atoms with Crippen LogP contribution in [0.25, 0.3) is 0 Å². The Morgan fingerprint density at radius 3 is 2.39 bits per heavy atom. The van der Waals surface area contributed by atoms with Crippen LogP contribution >= 0.6 is 0 Å². The van der Waals surface area contributed by atoms with Gasteiger partial charge in [0.2, 0.25) is 0 Å². The highest BCUT2D eigenvalue weighted by Gasteiger charge is 2.20. The van der Waals surface area contributed by atoms with Gasteiger partial charge in [0.15, 0.2) is 5.82 Å². The molecule has 0 amide bonds. The maximum Gasteiger partial charge on any atom is 0.159 e. The van der Waals surface area contributed by atoms with Gasteiger partial charge in [0.1, 0.15) is 11.9 Å². The van der Waals surface area contributed by atoms with E-state index < -0.39 is 0 Å². The first-order chi connectivity index (χ1) is 8.42. The second kappa shape index (κ2) is 6.14. The molecule has 102 valence electrons. The summed E-state index contributed by atoms with van der Waals surface area (Å²) in [7, 11) is 1.70. The number of nitrogens with one attached hydrogen (secondary N) is 1. The van der Waals surface area contributed by atoms with Gasteiger partial charge in [0.05, 0.1) is 5.69 Å². The molecular weight excluding hydrogens is 226 g/mol. The van der Waals surface area contributed by atoms with Crippen molar-refractivity contribution in [2.24, 2.45) is 0 Å². The van der Waals surface area contributed by atoms with Crippen LogP contribution < -0.4 is 5.32 Å². The molecule has 1 aromatic heterocycles. The van der Waals surface area contributed by atoms with E-state index in [0.29, 0.717) is 0 Å². The van der Waals surface area contributed by atoms with Gasteiger partial charge in [-0.3, -0.25) is 0 Å². The van der Waals surface area contributed by atoms with E-state index in [0.717, 1.165) is 30.3 Å². The number of aromatic nitrogens is 2. The lowest BCUT2D eigenvalue weighted by Gasteiger charge is -2.21. The lowest BCUT2D eigenvalue weighted by molar-refractivity contribution is 0.0923. The van der Waals surface area contributed by atoms with Gasteiger partial charge >= 0.3 is 0 Å². The molecule has 0 spiro atoms. The third-order valence-electron chi connectivity index (χ3n) is 2.81. The van der Waals surface area contributed by atoms with Crippen LogP contribution in [-0.2, 0) is 10.2 Å². The molecule has 18 heavy (non-hydrogen) atoms. The van der Waals surface area contributed by atoms with Gasteiger partial charge in [-0.05, 0) is 13.3 Å². The van der Waals surface area contributed by atoms with Crippen LogP contribution in [0.2, 0.25) is 0 Å². The lowest BCUT2D eigenvalue weighted by atomic mass is 9.92. The highest BCUT2D eigenvalue weighted by atomic mass is 16.5. The maximum absolute atomic E-state index is 5.43. The van der Waals surface area contributed by atoms with Crippen molar-refractivity contribution in [2.45, 2.75) is 52.6 Å². The number of anilines is 1. The summed E-state index contributed by atoms with van der Waals surface area (Å²) < 4.78 is 5.43. The molecule has 0 bridgehead atoms. The first kappa shape index (κ1) is 14.9. The Bertz CT molecular complexity index is 381. The summed E-state index contributed by atoms with van der Waals surface area (Å²) in [6, 6.07) is 2.02. The molecule has 0 aromatic carbocycles. The summed E-state index contributed by atoms with van der Waals surface area (Å²) in [6.45, 7) is 11.5. The summed E-state index contributed by atoms with van der Waals surface area (Å²) in [4.78, 5) is 9.18. The van der Waals surface area contributed by atoms with Crippen LogP contribution in [0.5, 0.6) is 0 Å². The van der Waals surface area contributed by atoms with Gasteiger partial charge in [0, 0.05) is 25.1 Å². The fourth-order valence-electron chi connectivity index (χ4n) is 1.72. The van der Waals surface area contributed by atoms with E-state index in [-0.39, 0.29) is 11.5 Å². The van der Waals surface area contributed by atoms with E-state index in [1.54, 1.807) is 7.11 Å². The Hall–Kier alpha value is -1.16. The van der Waals surface area contributed by atoms with Crippen molar-refractivity contribution in [3.63, 3.8) is 0 Å². The third-order valence-corrected chi connectivity index (χ3v) is 2.81. The number of nitrogens with zero attached hydrogens (tertiary/aromatic N) is 2. The van der Waals surface area contributed by atoms with Gasteiger partial charge in [-0.2, -0.15) is 0 Å². The Labute approximate surface area is 110 Å². The fourth-order valence-corrected chi connectivity index (χ4v) is 1.72. The number of hydrogen-bond acceptors (Lipinski definition) is 4. The topological polar surface area (TPSA) is 47.0 Å². The second-order valence-electron chi connectivity index (χ2n) is 5.41. The van der Waals surface area contributed by atoms with E-state index in [1.807, 2.05) is 6.07 Å². The summed E-state index contributed by atoms with van der Waals surface area (Å²) in [5.74, 6) is 1.64. The van der Waals surface area contributed by atoms with Crippen LogP contribution in [0.4, 0.5) is 5.82 Å². The molecule has 4 nitrogen and oxygen atoms in total. The van der Waals surface area contributed by atoms with Crippen LogP contribution in [0, 0.1) is 0 Å². The predicted molar refractivity (Wildman–Crippen MR) is 74.9 cm³/mol. The van der Waals surface area contributed by atoms with E-state index >= 15 is 0 Å². The van der Waals surface area contributed by atoms with Gasteiger partial charge in [-0.15, -0.1) is 0 Å². The van der Waals surface area contributed by atoms with Crippen molar-refractivity contribution in [1.29, 1.82) is 0 Å². The Morgan fingerprint density at radius 1 is 1.28 bits per heavy atom. The zero-order chi connectivity index (χ0) is 13.8. The van der Waals surface area contributed by atoms with Crippen LogP contribution in [0.15, 0.2) is 6.07 Å². The fraction of sp³-hybridized carbons (Fsp3) is 0.714. The lowest BCUT2D eigenvalue weighted by Crippen LogP contribution is -2.18. The minimum absolute atomic E-state index is 0.00783. The average Bonchev–Trinajstić information content (AvgIpc) is 2.29. The molecule has 1 unspecified atom stereocenters. The number of ether oxygens (including phenoxy) is 1. The standard InChI is InChI=1S/C14H25N3O/c1-7-10(18-6)13-16-11(14(3,4)5)9-12(17-13)15-8-2/h9-10H,7-8H2,1-6H3,(H,15,16,17). The molecule has 1 N–H and O–H groups in total. The zero-order valence-corrected chi connectivity index (χ0v) is 12.4. The maximum atomic E-state index is 5.43. The molecule has 0 saturated heterocycles. The number of rotatable bonds is 5. The SMILES string of the molecule is CCNc1cc(C(C)(C)C)nc(C(CC)OC)n1. The van der Waals surface area contributed by atoms with Gasteiger partial charge in [-0.25, -0.2) is 9.97 Å². The Morgan fingerprint density at radius 2 is 1.94 bits per heavy atom. The minimum Gasteiger partial charge on any atom is -0.373 e. The molecule has 0 radical (unpaired) electrons. The monoisotopic (exact) mass is 251 g/mol. The van der Waals surface area contributed by atoms with Crippen molar-refractivity contribution >= 4 is 5.82 Å². The quantitative estimate of drug-likeness (QED) is 0.872. The van der Waals surface area contributed by atoms with Gasteiger partial charge in [0.25, 0.3) is 0 Å². The van der Waals surface area contributed by atoms with Gasteiger partial charge < -0.3 is 10.1 Å². The number of methoxy groups -OCH3 is 1. The molecule has 0 saturated carbocycles. The first-order valence-electron chi connectivity index (χ1n) is 6.58. The van der Waals surface area contributed by atoms with Crippen molar-refractivity contribution in [3.8, 4) is 0 Å². The van der Waals surface area contributed by atoms with Crippen LogP contribution in [-0.4, -0.2) is 23.6 Å². The molecule has 1 heterocycles. The summed E-state index contributed by atoms with van der Waals surface area (Å²) in [6.07, 6.45) is 0.833. The summed E-state index contributed by atoms with van der Waals surface area (Å²) in [5, 5.41) is 3.26. The van der Waals surface area contributed by atoms with Crippen LogP contribution in [0.1, 0.15) is 58.7 Å². The van der Waals surface area contributed by atoms with E-state index in [1.165, 1.54) is 0 Å². The van der Waals surface area contributed by atoms with Crippen molar-refractivity contribution in [2.75, 3.05) is 19.0 Å². The smallest absolute Gasteiger partial charge is 0.159 e. The molecule has 0 aliphatic heterocycles. The highest BCUT2D eigenvalue weighted by Crippen LogP contribution is 2.25. The molecule has 0 aliphatic carbocycles. The van der Waals surface area contributed by atoms with Crippen molar-refractivity contribution in [1.82, 2.24) is 9.97 Å². The molecule has 4 heteroatoms. The van der Waals surface area contributed by atoms with Crippen molar-refractivity contribution < 1.29 is 4.74 Å². The molecule has 1 rings (SSSR count). The molecule has 1 atom stereocenters. The Kier molecular flexibility index (Phi) is 5.08. The predicted octanol–water partition coefficient (Wildman–Crippen LogP) is 3.30. The third kappa shape index (κ3) is 3.67. The molecular formula is C14H25N3O. The Balaban J connectivity index is 3.21. The molecule has 1 aromatic rings. The first-order valence-corrected chi connectivity index (χ1v) is 6.58.